The molecule has 0 bridgehead atoms. The molecule has 1 atom stereocenters. The van der Waals surface area contributed by atoms with Gasteiger partial charge in [0, 0.05) is 18.1 Å². The third-order valence-corrected chi connectivity index (χ3v) is 2.83. The molecule has 0 amide bonds. The van der Waals surface area contributed by atoms with Crippen LogP contribution in [-0.2, 0) is 13.0 Å². The van der Waals surface area contributed by atoms with Gasteiger partial charge in [-0.3, -0.25) is 0 Å². The van der Waals surface area contributed by atoms with Crippen LogP contribution in [-0.4, -0.2) is 22.4 Å². The number of methoxy groups -OCH3 is 1. The van der Waals surface area contributed by atoms with Crippen molar-refractivity contribution in [2.24, 2.45) is 0 Å². The van der Waals surface area contributed by atoms with Crippen LogP contribution in [0.5, 0.6) is 11.5 Å². The minimum atomic E-state index is -0.634. The first-order valence-electron chi connectivity index (χ1n) is 6.44. The molecule has 2 rings (SSSR count). The second-order valence-electron chi connectivity index (χ2n) is 4.31. The summed E-state index contributed by atoms with van der Waals surface area (Å²) in [5, 5.41) is 17.5. The fourth-order valence-electron chi connectivity index (χ4n) is 1.74. The molecule has 1 heterocycles. The molecule has 0 aliphatic rings. The Hall–Kier alpha value is -2.08. The summed E-state index contributed by atoms with van der Waals surface area (Å²) in [5.74, 6) is 2.17. The van der Waals surface area contributed by atoms with Gasteiger partial charge in [0.2, 0.25) is 5.89 Å². The predicted molar refractivity (Wildman–Crippen MR) is 71.6 cm³/mol. The van der Waals surface area contributed by atoms with Gasteiger partial charge in [-0.2, -0.15) is 0 Å². The van der Waals surface area contributed by atoms with Gasteiger partial charge in [-0.05, 0) is 19.1 Å². The smallest absolute Gasteiger partial charge is 0.253 e. The summed E-state index contributed by atoms with van der Waals surface area (Å²) in [6.45, 7) is 3.77. The SMILES string of the molecule is CCc1nnc(COc2cc(OC)ccc2[C@@H](C)O)o1. The molecule has 0 saturated carbocycles. The summed E-state index contributed by atoms with van der Waals surface area (Å²) < 4.78 is 16.2. The zero-order chi connectivity index (χ0) is 14.5. The van der Waals surface area contributed by atoms with Crippen molar-refractivity contribution in [1.82, 2.24) is 10.2 Å². The van der Waals surface area contributed by atoms with E-state index in [9.17, 15) is 5.11 Å². The van der Waals surface area contributed by atoms with Crippen LogP contribution in [0.3, 0.4) is 0 Å². The summed E-state index contributed by atoms with van der Waals surface area (Å²) in [5.41, 5.74) is 0.682. The van der Waals surface area contributed by atoms with Crippen molar-refractivity contribution in [3.05, 3.63) is 35.5 Å². The number of aryl methyl sites for hydroxylation is 1. The summed E-state index contributed by atoms with van der Waals surface area (Å²) in [7, 11) is 1.58. The van der Waals surface area contributed by atoms with E-state index in [1.807, 2.05) is 6.92 Å². The van der Waals surface area contributed by atoms with Crippen LogP contribution in [0, 0.1) is 0 Å². The lowest BCUT2D eigenvalue weighted by Gasteiger charge is -2.13. The number of aliphatic hydroxyl groups is 1. The molecule has 0 aliphatic carbocycles. The standard InChI is InChI=1S/C14H18N2O4/c1-4-13-15-16-14(20-13)8-19-12-7-10(18-3)5-6-11(12)9(2)17/h5-7,9,17H,4,8H2,1-3H3/t9-/m1/s1. The summed E-state index contributed by atoms with van der Waals surface area (Å²) in [6, 6.07) is 5.26. The highest BCUT2D eigenvalue weighted by molar-refractivity contribution is 5.41. The van der Waals surface area contributed by atoms with E-state index in [4.69, 9.17) is 13.9 Å². The topological polar surface area (TPSA) is 77.6 Å². The van der Waals surface area contributed by atoms with E-state index in [0.717, 1.165) is 0 Å². The fourth-order valence-corrected chi connectivity index (χ4v) is 1.74. The minimum absolute atomic E-state index is 0.153. The Morgan fingerprint density at radius 3 is 2.65 bits per heavy atom. The van der Waals surface area contributed by atoms with E-state index in [2.05, 4.69) is 10.2 Å². The highest BCUT2D eigenvalue weighted by Crippen LogP contribution is 2.30. The molecular formula is C14H18N2O4. The number of aromatic nitrogens is 2. The van der Waals surface area contributed by atoms with Gasteiger partial charge in [-0.15, -0.1) is 10.2 Å². The molecule has 2 aromatic rings. The molecular weight excluding hydrogens is 260 g/mol. The molecule has 1 aromatic heterocycles. The van der Waals surface area contributed by atoms with E-state index in [1.54, 1.807) is 32.2 Å². The fraction of sp³-hybridized carbons (Fsp3) is 0.429. The van der Waals surface area contributed by atoms with Crippen molar-refractivity contribution >= 4 is 0 Å². The highest BCUT2D eigenvalue weighted by atomic mass is 16.5. The molecule has 20 heavy (non-hydrogen) atoms. The third-order valence-electron chi connectivity index (χ3n) is 2.83. The molecule has 0 fully saturated rings. The van der Waals surface area contributed by atoms with Gasteiger partial charge in [0.05, 0.1) is 13.2 Å². The Labute approximate surface area is 117 Å². The van der Waals surface area contributed by atoms with Gasteiger partial charge in [0.1, 0.15) is 11.5 Å². The first kappa shape index (κ1) is 14.3. The number of benzene rings is 1. The first-order valence-corrected chi connectivity index (χ1v) is 6.44. The van der Waals surface area contributed by atoms with Crippen LogP contribution in [0.4, 0.5) is 0 Å². The second-order valence-corrected chi connectivity index (χ2v) is 4.31. The van der Waals surface area contributed by atoms with Gasteiger partial charge in [0.15, 0.2) is 6.61 Å². The number of ether oxygens (including phenoxy) is 2. The van der Waals surface area contributed by atoms with Gasteiger partial charge in [-0.1, -0.05) is 6.92 Å². The molecule has 1 aromatic carbocycles. The van der Waals surface area contributed by atoms with Crippen molar-refractivity contribution in [2.75, 3.05) is 7.11 Å². The first-order chi connectivity index (χ1) is 9.63. The number of aliphatic hydroxyl groups excluding tert-OH is 1. The van der Waals surface area contributed by atoms with Crippen LogP contribution in [0.25, 0.3) is 0 Å². The lowest BCUT2D eigenvalue weighted by molar-refractivity contribution is 0.186. The van der Waals surface area contributed by atoms with Crippen molar-refractivity contribution in [1.29, 1.82) is 0 Å². The molecule has 6 heteroatoms. The molecule has 0 unspecified atom stereocenters. The Morgan fingerprint density at radius 2 is 2.05 bits per heavy atom. The summed E-state index contributed by atoms with van der Waals surface area (Å²) in [4.78, 5) is 0. The Kier molecular flexibility index (Phi) is 4.57. The Morgan fingerprint density at radius 1 is 1.30 bits per heavy atom. The van der Waals surface area contributed by atoms with Crippen LogP contribution in [0.1, 0.15) is 37.3 Å². The lowest BCUT2D eigenvalue weighted by Crippen LogP contribution is -2.02. The highest BCUT2D eigenvalue weighted by Gasteiger charge is 2.12. The lowest BCUT2D eigenvalue weighted by atomic mass is 10.1. The number of rotatable bonds is 6. The summed E-state index contributed by atoms with van der Waals surface area (Å²) >= 11 is 0. The zero-order valence-corrected chi connectivity index (χ0v) is 11.8. The molecule has 108 valence electrons. The van der Waals surface area contributed by atoms with E-state index in [-0.39, 0.29) is 6.61 Å². The Bertz CT molecular complexity index is 566. The van der Waals surface area contributed by atoms with E-state index in [0.29, 0.717) is 35.3 Å². The minimum Gasteiger partial charge on any atom is -0.497 e. The zero-order valence-electron chi connectivity index (χ0n) is 11.8. The maximum Gasteiger partial charge on any atom is 0.253 e. The van der Waals surface area contributed by atoms with Crippen molar-refractivity contribution in [3.63, 3.8) is 0 Å². The maximum atomic E-state index is 9.74. The van der Waals surface area contributed by atoms with Crippen LogP contribution in [0.15, 0.2) is 22.6 Å². The number of hydrogen-bond donors (Lipinski definition) is 1. The Balaban J connectivity index is 2.14. The monoisotopic (exact) mass is 278 g/mol. The third kappa shape index (κ3) is 3.27. The average molecular weight is 278 g/mol. The molecule has 1 N–H and O–H groups in total. The van der Waals surface area contributed by atoms with E-state index < -0.39 is 6.10 Å². The normalized spacial score (nSPS) is 12.2. The average Bonchev–Trinajstić information content (AvgIpc) is 2.92. The largest absolute Gasteiger partial charge is 0.497 e. The number of nitrogens with zero attached hydrogens (tertiary/aromatic N) is 2. The van der Waals surface area contributed by atoms with Crippen LogP contribution >= 0.6 is 0 Å². The second kappa shape index (κ2) is 6.38. The van der Waals surface area contributed by atoms with E-state index in [1.165, 1.54) is 0 Å². The molecule has 0 aliphatic heterocycles. The van der Waals surface area contributed by atoms with Crippen molar-refractivity contribution in [2.45, 2.75) is 33.0 Å². The van der Waals surface area contributed by atoms with Crippen molar-refractivity contribution < 1.29 is 19.0 Å². The molecule has 0 saturated heterocycles. The van der Waals surface area contributed by atoms with Gasteiger partial charge < -0.3 is 19.0 Å². The predicted octanol–water partition coefficient (Wildman–Crippen LogP) is 2.27. The molecule has 0 radical (unpaired) electrons. The molecule has 0 spiro atoms. The summed E-state index contributed by atoms with van der Waals surface area (Å²) in [6.07, 6.45) is 0.0511. The maximum absolute atomic E-state index is 9.74. The number of hydrogen-bond acceptors (Lipinski definition) is 6. The van der Waals surface area contributed by atoms with Gasteiger partial charge in [-0.25, -0.2) is 0 Å². The molecule has 6 nitrogen and oxygen atoms in total. The quantitative estimate of drug-likeness (QED) is 0.873. The van der Waals surface area contributed by atoms with Gasteiger partial charge in [0.25, 0.3) is 5.89 Å². The van der Waals surface area contributed by atoms with E-state index >= 15 is 0 Å². The van der Waals surface area contributed by atoms with Crippen molar-refractivity contribution in [3.8, 4) is 11.5 Å². The van der Waals surface area contributed by atoms with Crippen LogP contribution < -0.4 is 9.47 Å². The van der Waals surface area contributed by atoms with Crippen LogP contribution in [0.2, 0.25) is 0 Å². The van der Waals surface area contributed by atoms with Gasteiger partial charge >= 0.3 is 0 Å².